The van der Waals surface area contributed by atoms with Crippen molar-refractivity contribution in [2.24, 2.45) is 5.92 Å². The molecule has 0 bridgehead atoms. The van der Waals surface area contributed by atoms with Crippen LogP contribution in [0.5, 0.6) is 0 Å². The lowest BCUT2D eigenvalue weighted by atomic mass is 10.0. The standard InChI is InChI=1S/C12H18N2OS/c15-8-9-5-6-14(7-9)12-13-10-3-1-2-4-11(10)16-12/h9,15H,1-8H2/t9-/m0/s1. The second-order valence-electron chi connectivity index (χ2n) is 4.86. The fourth-order valence-corrected chi connectivity index (χ4v) is 3.81. The quantitative estimate of drug-likeness (QED) is 0.854. The summed E-state index contributed by atoms with van der Waals surface area (Å²) in [7, 11) is 0. The summed E-state index contributed by atoms with van der Waals surface area (Å²) in [5.74, 6) is 0.459. The van der Waals surface area contributed by atoms with Crippen LogP contribution < -0.4 is 4.90 Å². The number of nitrogens with zero attached hydrogens (tertiary/aromatic N) is 2. The van der Waals surface area contributed by atoms with E-state index in [4.69, 9.17) is 10.1 Å². The van der Waals surface area contributed by atoms with Crippen LogP contribution in [0, 0.1) is 5.92 Å². The molecule has 0 radical (unpaired) electrons. The summed E-state index contributed by atoms with van der Waals surface area (Å²) < 4.78 is 0. The van der Waals surface area contributed by atoms with Crippen LogP contribution in [0.2, 0.25) is 0 Å². The van der Waals surface area contributed by atoms with Gasteiger partial charge in [-0.05, 0) is 32.1 Å². The molecule has 88 valence electrons. The molecule has 1 saturated heterocycles. The van der Waals surface area contributed by atoms with E-state index in [1.165, 1.54) is 41.4 Å². The first-order valence-corrected chi connectivity index (χ1v) is 7.03. The van der Waals surface area contributed by atoms with Crippen LogP contribution in [-0.4, -0.2) is 29.8 Å². The van der Waals surface area contributed by atoms with E-state index in [0.717, 1.165) is 19.5 Å². The van der Waals surface area contributed by atoms with E-state index in [-0.39, 0.29) is 0 Å². The van der Waals surface area contributed by atoms with Crippen LogP contribution in [0.25, 0.3) is 0 Å². The highest BCUT2D eigenvalue weighted by atomic mass is 32.1. The highest BCUT2D eigenvalue weighted by molar-refractivity contribution is 7.15. The number of rotatable bonds is 2. The Morgan fingerprint density at radius 1 is 1.38 bits per heavy atom. The molecule has 16 heavy (non-hydrogen) atoms. The van der Waals surface area contributed by atoms with E-state index in [2.05, 4.69) is 4.90 Å². The summed E-state index contributed by atoms with van der Waals surface area (Å²) in [6, 6.07) is 0. The molecule has 1 fully saturated rings. The van der Waals surface area contributed by atoms with Gasteiger partial charge < -0.3 is 10.0 Å². The van der Waals surface area contributed by atoms with Gasteiger partial charge in [-0.25, -0.2) is 4.98 Å². The molecule has 1 aliphatic carbocycles. The lowest BCUT2D eigenvalue weighted by molar-refractivity contribution is 0.238. The number of aryl methyl sites for hydroxylation is 2. The van der Waals surface area contributed by atoms with E-state index in [0.29, 0.717) is 12.5 Å². The number of anilines is 1. The summed E-state index contributed by atoms with van der Waals surface area (Å²) in [5.41, 5.74) is 1.35. The molecule has 3 rings (SSSR count). The zero-order valence-corrected chi connectivity index (χ0v) is 10.3. The molecule has 0 spiro atoms. The molecule has 1 N–H and O–H groups in total. The first-order valence-electron chi connectivity index (χ1n) is 6.21. The van der Waals surface area contributed by atoms with Gasteiger partial charge >= 0.3 is 0 Å². The minimum Gasteiger partial charge on any atom is -0.396 e. The average molecular weight is 238 g/mol. The van der Waals surface area contributed by atoms with Gasteiger partial charge in [0.2, 0.25) is 0 Å². The molecule has 1 aromatic rings. The van der Waals surface area contributed by atoms with Crippen LogP contribution in [0.15, 0.2) is 0 Å². The lowest BCUT2D eigenvalue weighted by Crippen LogP contribution is -2.20. The predicted molar refractivity (Wildman–Crippen MR) is 66.2 cm³/mol. The summed E-state index contributed by atoms with van der Waals surface area (Å²) in [6.45, 7) is 2.38. The van der Waals surface area contributed by atoms with Crippen LogP contribution in [0.1, 0.15) is 29.8 Å². The molecule has 1 aromatic heterocycles. The van der Waals surface area contributed by atoms with Gasteiger partial charge in [0.1, 0.15) is 0 Å². The third-order valence-corrected chi connectivity index (χ3v) is 4.87. The fourth-order valence-electron chi connectivity index (χ4n) is 2.63. The third-order valence-electron chi connectivity index (χ3n) is 3.65. The lowest BCUT2D eigenvalue weighted by Gasteiger charge is -2.13. The van der Waals surface area contributed by atoms with Crippen molar-refractivity contribution >= 4 is 16.5 Å². The number of aromatic nitrogens is 1. The van der Waals surface area contributed by atoms with Gasteiger partial charge in [0.25, 0.3) is 0 Å². The van der Waals surface area contributed by atoms with Crippen molar-refractivity contribution in [3.8, 4) is 0 Å². The number of hydrogen-bond acceptors (Lipinski definition) is 4. The van der Waals surface area contributed by atoms with Crippen molar-refractivity contribution in [1.29, 1.82) is 0 Å². The Kier molecular flexibility index (Phi) is 2.86. The number of thiazole rings is 1. The predicted octanol–water partition coefficient (Wildman–Crippen LogP) is 1.84. The first-order chi connectivity index (χ1) is 7.86. The van der Waals surface area contributed by atoms with Gasteiger partial charge in [0.05, 0.1) is 5.69 Å². The molecule has 2 heterocycles. The summed E-state index contributed by atoms with van der Waals surface area (Å²) in [4.78, 5) is 8.62. The molecule has 0 saturated carbocycles. The smallest absolute Gasteiger partial charge is 0.185 e. The van der Waals surface area contributed by atoms with E-state index in [9.17, 15) is 0 Å². The van der Waals surface area contributed by atoms with Crippen LogP contribution in [-0.2, 0) is 12.8 Å². The molecule has 3 nitrogen and oxygen atoms in total. The van der Waals surface area contributed by atoms with Gasteiger partial charge in [-0.2, -0.15) is 0 Å². The molecule has 0 amide bonds. The van der Waals surface area contributed by atoms with Gasteiger partial charge in [0.15, 0.2) is 5.13 Å². The Bertz CT molecular complexity index is 354. The Morgan fingerprint density at radius 3 is 3.00 bits per heavy atom. The second-order valence-corrected chi connectivity index (χ2v) is 5.92. The maximum Gasteiger partial charge on any atom is 0.185 e. The number of hydrogen-bond donors (Lipinski definition) is 1. The molecular weight excluding hydrogens is 220 g/mol. The maximum absolute atomic E-state index is 9.15. The van der Waals surface area contributed by atoms with Crippen LogP contribution in [0.4, 0.5) is 5.13 Å². The Morgan fingerprint density at radius 2 is 2.25 bits per heavy atom. The normalized spacial score (nSPS) is 24.8. The summed E-state index contributed by atoms with van der Waals surface area (Å²) >= 11 is 1.88. The van der Waals surface area contributed by atoms with Gasteiger partial charge in [-0.3, -0.25) is 0 Å². The Balaban J connectivity index is 1.77. The minimum atomic E-state index is 0.321. The minimum absolute atomic E-state index is 0.321. The van der Waals surface area contributed by atoms with E-state index in [1.807, 2.05) is 11.3 Å². The molecule has 0 aromatic carbocycles. The number of fused-ring (bicyclic) bond motifs is 1. The van der Waals surface area contributed by atoms with Crippen molar-refractivity contribution < 1.29 is 5.11 Å². The number of aliphatic hydroxyl groups is 1. The Labute approximate surface area is 100 Å². The molecule has 2 aliphatic rings. The fraction of sp³-hybridized carbons (Fsp3) is 0.750. The van der Waals surface area contributed by atoms with Crippen LogP contribution in [0.3, 0.4) is 0 Å². The van der Waals surface area contributed by atoms with E-state index >= 15 is 0 Å². The zero-order valence-electron chi connectivity index (χ0n) is 9.48. The van der Waals surface area contributed by atoms with E-state index in [1.54, 1.807) is 0 Å². The zero-order chi connectivity index (χ0) is 11.0. The maximum atomic E-state index is 9.15. The highest BCUT2D eigenvalue weighted by Gasteiger charge is 2.25. The molecule has 1 aliphatic heterocycles. The number of aliphatic hydroxyl groups excluding tert-OH is 1. The largest absolute Gasteiger partial charge is 0.396 e. The van der Waals surface area contributed by atoms with Crippen molar-refractivity contribution in [3.63, 3.8) is 0 Å². The summed E-state index contributed by atoms with van der Waals surface area (Å²) in [6.07, 6.45) is 6.14. The topological polar surface area (TPSA) is 36.4 Å². The summed E-state index contributed by atoms with van der Waals surface area (Å²) in [5, 5.41) is 10.3. The highest BCUT2D eigenvalue weighted by Crippen LogP contribution is 2.33. The SMILES string of the molecule is OC[C@H]1CCN(c2nc3c(s2)CCCC3)C1. The van der Waals surface area contributed by atoms with Crippen LogP contribution >= 0.6 is 11.3 Å². The monoisotopic (exact) mass is 238 g/mol. The molecule has 4 heteroatoms. The first kappa shape index (κ1) is 10.5. The van der Waals surface area contributed by atoms with E-state index < -0.39 is 0 Å². The molecular formula is C12H18N2OS. The second kappa shape index (κ2) is 4.34. The van der Waals surface area contributed by atoms with Crippen molar-refractivity contribution in [2.45, 2.75) is 32.1 Å². The van der Waals surface area contributed by atoms with Gasteiger partial charge in [-0.15, -0.1) is 11.3 Å². The third kappa shape index (κ3) is 1.84. The van der Waals surface area contributed by atoms with Gasteiger partial charge in [-0.1, -0.05) is 0 Å². The van der Waals surface area contributed by atoms with Gasteiger partial charge in [0, 0.05) is 30.5 Å². The van der Waals surface area contributed by atoms with Crippen molar-refractivity contribution in [3.05, 3.63) is 10.6 Å². The average Bonchev–Trinajstić information content (AvgIpc) is 2.95. The molecule has 1 atom stereocenters. The van der Waals surface area contributed by atoms with Crippen molar-refractivity contribution in [2.75, 3.05) is 24.6 Å². The van der Waals surface area contributed by atoms with Crippen molar-refractivity contribution in [1.82, 2.24) is 4.98 Å². The Hall–Kier alpha value is -0.610. The molecule has 0 unspecified atom stereocenters.